The van der Waals surface area contributed by atoms with Gasteiger partial charge < -0.3 is 9.64 Å². The average molecular weight is 371 g/mol. The van der Waals surface area contributed by atoms with Crippen LogP contribution < -0.4 is 5.32 Å². The molecule has 7 nitrogen and oxygen atoms in total. The van der Waals surface area contributed by atoms with Crippen LogP contribution in [0.15, 0.2) is 23.6 Å². The van der Waals surface area contributed by atoms with Crippen molar-refractivity contribution in [2.24, 2.45) is 0 Å². The summed E-state index contributed by atoms with van der Waals surface area (Å²) in [7, 11) is 1.63. The van der Waals surface area contributed by atoms with Crippen molar-refractivity contribution in [1.29, 1.82) is 0 Å². The van der Waals surface area contributed by atoms with E-state index in [1.807, 2.05) is 17.5 Å². The summed E-state index contributed by atoms with van der Waals surface area (Å²) in [4.78, 5) is 42.2. The Morgan fingerprint density at radius 1 is 1.35 bits per heavy atom. The minimum atomic E-state index is -0.594. The van der Waals surface area contributed by atoms with Crippen molar-refractivity contribution in [3.63, 3.8) is 0 Å². The number of benzene rings is 1. The van der Waals surface area contributed by atoms with Gasteiger partial charge in [0.2, 0.25) is 11.8 Å². The molecule has 1 aromatic heterocycles. The van der Waals surface area contributed by atoms with Crippen molar-refractivity contribution >= 4 is 29.1 Å². The van der Waals surface area contributed by atoms with Gasteiger partial charge in [-0.25, -0.2) is 4.98 Å². The summed E-state index contributed by atoms with van der Waals surface area (Å²) in [5, 5.41) is 5.17. The predicted molar refractivity (Wildman–Crippen MR) is 94.3 cm³/mol. The third-order valence-electron chi connectivity index (χ3n) is 4.64. The molecular formula is C18H17N3O4S. The van der Waals surface area contributed by atoms with Gasteiger partial charge in [0.05, 0.1) is 12.3 Å². The summed E-state index contributed by atoms with van der Waals surface area (Å²) in [6, 6.07) is 5.01. The highest BCUT2D eigenvalue weighted by atomic mass is 32.1. The molecule has 3 amide bonds. The summed E-state index contributed by atoms with van der Waals surface area (Å²) in [6.45, 7) is 0.834. The SMILES string of the molecule is COCc1nc(-c2ccc3c(c2)CN(C2CCC(=O)NC2=O)C3=O)cs1. The topological polar surface area (TPSA) is 88.6 Å². The number of amides is 3. The van der Waals surface area contributed by atoms with Gasteiger partial charge >= 0.3 is 0 Å². The van der Waals surface area contributed by atoms with Crippen LogP contribution in [0, 0.1) is 0 Å². The number of methoxy groups -OCH3 is 1. The Bertz CT molecular complexity index is 908. The molecular weight excluding hydrogens is 354 g/mol. The molecule has 2 aliphatic heterocycles. The van der Waals surface area contributed by atoms with Gasteiger partial charge in [0.15, 0.2) is 0 Å². The molecule has 1 saturated heterocycles. The maximum Gasteiger partial charge on any atom is 0.255 e. The van der Waals surface area contributed by atoms with Crippen LogP contribution in [0.5, 0.6) is 0 Å². The maximum absolute atomic E-state index is 12.7. The highest BCUT2D eigenvalue weighted by Crippen LogP contribution is 2.31. The maximum atomic E-state index is 12.7. The molecule has 1 unspecified atom stereocenters. The largest absolute Gasteiger partial charge is 0.378 e. The van der Waals surface area contributed by atoms with E-state index in [0.717, 1.165) is 21.8 Å². The Morgan fingerprint density at radius 2 is 2.19 bits per heavy atom. The standard InChI is InChI=1S/C18H17N3O4S/c1-25-8-16-19-13(9-26-16)10-2-3-12-11(6-10)7-21(18(12)24)14-4-5-15(22)20-17(14)23/h2-3,6,9,14H,4-5,7-8H2,1H3,(H,20,22,23). The lowest BCUT2D eigenvalue weighted by atomic mass is 10.0. The van der Waals surface area contributed by atoms with E-state index in [9.17, 15) is 14.4 Å². The molecule has 4 rings (SSSR count). The van der Waals surface area contributed by atoms with Crippen LogP contribution in [-0.2, 0) is 27.5 Å². The minimum Gasteiger partial charge on any atom is -0.378 e. The van der Waals surface area contributed by atoms with E-state index in [1.165, 1.54) is 11.3 Å². The number of nitrogens with zero attached hydrogens (tertiary/aromatic N) is 2. The zero-order valence-corrected chi connectivity index (χ0v) is 15.0. The summed E-state index contributed by atoms with van der Waals surface area (Å²) in [6.07, 6.45) is 0.618. The van der Waals surface area contributed by atoms with Crippen molar-refractivity contribution < 1.29 is 19.1 Å². The molecule has 134 valence electrons. The number of rotatable bonds is 4. The Kier molecular flexibility index (Phi) is 4.29. The molecule has 8 heteroatoms. The van der Waals surface area contributed by atoms with Gasteiger partial charge in [-0.2, -0.15) is 0 Å². The number of hydrogen-bond acceptors (Lipinski definition) is 6. The van der Waals surface area contributed by atoms with Crippen molar-refractivity contribution in [3.8, 4) is 11.3 Å². The fourth-order valence-electron chi connectivity index (χ4n) is 3.37. The Morgan fingerprint density at radius 3 is 2.96 bits per heavy atom. The number of aromatic nitrogens is 1. The molecule has 1 aromatic carbocycles. The number of piperidine rings is 1. The van der Waals surface area contributed by atoms with Crippen molar-refractivity contribution in [1.82, 2.24) is 15.2 Å². The lowest BCUT2D eigenvalue weighted by Gasteiger charge is -2.29. The first-order chi connectivity index (χ1) is 12.6. The van der Waals surface area contributed by atoms with E-state index in [4.69, 9.17) is 4.74 Å². The zero-order chi connectivity index (χ0) is 18.3. The third-order valence-corrected chi connectivity index (χ3v) is 5.46. The molecule has 0 aliphatic carbocycles. The lowest BCUT2D eigenvalue weighted by molar-refractivity contribution is -0.136. The molecule has 26 heavy (non-hydrogen) atoms. The van der Waals surface area contributed by atoms with E-state index in [2.05, 4.69) is 10.3 Å². The van der Waals surface area contributed by atoms with Crippen LogP contribution in [0.4, 0.5) is 0 Å². The first-order valence-corrected chi connectivity index (χ1v) is 9.16. The first-order valence-electron chi connectivity index (χ1n) is 8.28. The van der Waals surface area contributed by atoms with Crippen molar-refractivity contribution in [3.05, 3.63) is 39.7 Å². The molecule has 1 N–H and O–H groups in total. The molecule has 3 heterocycles. The number of hydrogen-bond donors (Lipinski definition) is 1. The number of nitrogens with one attached hydrogen (secondary N) is 1. The second kappa shape index (κ2) is 6.62. The summed E-state index contributed by atoms with van der Waals surface area (Å²) in [5.74, 6) is -0.848. The Hall–Kier alpha value is -2.58. The van der Waals surface area contributed by atoms with Crippen molar-refractivity contribution in [2.75, 3.05) is 7.11 Å². The number of carbonyl (C=O) groups excluding carboxylic acids is 3. The van der Waals surface area contributed by atoms with E-state index < -0.39 is 11.9 Å². The molecule has 1 atom stereocenters. The van der Waals surface area contributed by atoms with Gasteiger partial charge in [0.25, 0.3) is 5.91 Å². The monoisotopic (exact) mass is 371 g/mol. The highest BCUT2D eigenvalue weighted by Gasteiger charge is 2.39. The highest BCUT2D eigenvalue weighted by molar-refractivity contribution is 7.09. The lowest BCUT2D eigenvalue weighted by Crippen LogP contribution is -2.52. The zero-order valence-electron chi connectivity index (χ0n) is 14.2. The van der Waals surface area contributed by atoms with Crippen molar-refractivity contribution in [2.45, 2.75) is 32.0 Å². The molecule has 0 radical (unpaired) electrons. The van der Waals surface area contributed by atoms with Gasteiger partial charge in [-0.05, 0) is 24.1 Å². The predicted octanol–water partition coefficient (Wildman–Crippen LogP) is 1.72. The molecule has 2 aliphatic rings. The summed E-state index contributed by atoms with van der Waals surface area (Å²) < 4.78 is 5.10. The van der Waals surface area contributed by atoms with Gasteiger partial charge in [0, 0.05) is 36.6 Å². The van der Waals surface area contributed by atoms with E-state index in [0.29, 0.717) is 25.1 Å². The number of fused-ring (bicyclic) bond motifs is 1. The Balaban J connectivity index is 1.58. The van der Waals surface area contributed by atoms with E-state index in [1.54, 1.807) is 18.1 Å². The number of imide groups is 1. The number of carbonyl (C=O) groups is 3. The normalized spacial score (nSPS) is 19.7. The van der Waals surface area contributed by atoms with E-state index >= 15 is 0 Å². The second-order valence-corrected chi connectivity index (χ2v) is 7.27. The molecule has 0 bridgehead atoms. The quantitative estimate of drug-likeness (QED) is 0.827. The molecule has 0 spiro atoms. The summed E-state index contributed by atoms with van der Waals surface area (Å²) in [5.41, 5.74) is 3.25. The van der Waals surface area contributed by atoms with Crippen LogP contribution in [0.3, 0.4) is 0 Å². The molecule has 2 aromatic rings. The van der Waals surface area contributed by atoms with E-state index in [-0.39, 0.29) is 18.2 Å². The van der Waals surface area contributed by atoms with Crippen LogP contribution in [0.1, 0.15) is 33.8 Å². The van der Waals surface area contributed by atoms with Gasteiger partial charge in [-0.1, -0.05) is 6.07 Å². The van der Waals surface area contributed by atoms with Crippen LogP contribution in [0.2, 0.25) is 0 Å². The summed E-state index contributed by atoms with van der Waals surface area (Å²) >= 11 is 1.53. The van der Waals surface area contributed by atoms with Crippen LogP contribution in [-0.4, -0.2) is 40.8 Å². The number of ether oxygens (including phenoxy) is 1. The minimum absolute atomic E-state index is 0.167. The second-order valence-electron chi connectivity index (χ2n) is 6.33. The molecule has 1 fully saturated rings. The smallest absolute Gasteiger partial charge is 0.255 e. The number of thiazole rings is 1. The van der Waals surface area contributed by atoms with Gasteiger partial charge in [0.1, 0.15) is 11.0 Å². The van der Waals surface area contributed by atoms with Gasteiger partial charge in [-0.15, -0.1) is 11.3 Å². The first kappa shape index (κ1) is 16.9. The fraction of sp³-hybridized carbons (Fsp3) is 0.333. The van der Waals surface area contributed by atoms with Crippen LogP contribution in [0.25, 0.3) is 11.3 Å². The molecule has 0 saturated carbocycles. The average Bonchev–Trinajstić information content (AvgIpc) is 3.20. The fourth-order valence-corrected chi connectivity index (χ4v) is 4.14. The Labute approximate surface area is 154 Å². The van der Waals surface area contributed by atoms with Crippen LogP contribution >= 0.6 is 11.3 Å². The van der Waals surface area contributed by atoms with Gasteiger partial charge in [-0.3, -0.25) is 19.7 Å². The third kappa shape index (κ3) is 2.91.